The number of amides is 2. The van der Waals surface area contributed by atoms with E-state index in [9.17, 15) is 4.79 Å². The van der Waals surface area contributed by atoms with Crippen LogP contribution in [0.2, 0.25) is 0 Å². The van der Waals surface area contributed by atoms with Crippen LogP contribution in [-0.4, -0.2) is 12.6 Å². The summed E-state index contributed by atoms with van der Waals surface area (Å²) in [5.41, 5.74) is 3.69. The lowest BCUT2D eigenvalue weighted by atomic mass is 10.2. The van der Waals surface area contributed by atoms with Gasteiger partial charge in [0.1, 0.15) is 0 Å². The quantitative estimate of drug-likeness (QED) is 0.805. The molecule has 1 saturated carbocycles. The van der Waals surface area contributed by atoms with Gasteiger partial charge in [0.25, 0.3) is 0 Å². The van der Waals surface area contributed by atoms with Crippen LogP contribution < -0.4 is 10.2 Å². The summed E-state index contributed by atoms with van der Waals surface area (Å²) in [4.78, 5) is 14.0. The average Bonchev–Trinajstić information content (AvgIpc) is 3.05. The van der Waals surface area contributed by atoms with Crippen molar-refractivity contribution in [3.05, 3.63) is 41.6 Å². The van der Waals surface area contributed by atoms with Crippen molar-refractivity contribution in [3.63, 3.8) is 0 Å². The zero-order valence-corrected chi connectivity index (χ0v) is 10.5. The molecule has 0 unspecified atom stereocenters. The number of benzene rings is 1. The molecule has 0 radical (unpaired) electrons. The van der Waals surface area contributed by atoms with E-state index in [0.717, 1.165) is 31.5 Å². The van der Waals surface area contributed by atoms with Crippen molar-refractivity contribution < 1.29 is 4.79 Å². The minimum Gasteiger partial charge on any atom is -0.314 e. The van der Waals surface area contributed by atoms with Crippen molar-refractivity contribution in [1.29, 1.82) is 0 Å². The largest absolute Gasteiger partial charge is 0.325 e. The minimum absolute atomic E-state index is 0.000602. The maximum absolute atomic E-state index is 12.1. The number of anilines is 1. The molecular weight excluding hydrogens is 224 g/mol. The van der Waals surface area contributed by atoms with Crippen LogP contribution >= 0.6 is 0 Å². The first kappa shape index (κ1) is 11.3. The summed E-state index contributed by atoms with van der Waals surface area (Å²) in [7, 11) is 0. The number of carbonyl (C=O) groups is 1. The first-order valence-electron chi connectivity index (χ1n) is 6.68. The second-order valence-corrected chi connectivity index (χ2v) is 4.99. The fourth-order valence-corrected chi connectivity index (χ4v) is 2.76. The van der Waals surface area contributed by atoms with Crippen LogP contribution in [-0.2, 0) is 6.42 Å². The second kappa shape index (κ2) is 4.84. The molecule has 1 N–H and O–H groups in total. The molecule has 0 atom stereocenters. The predicted octanol–water partition coefficient (Wildman–Crippen LogP) is 3.22. The Labute approximate surface area is 107 Å². The number of urea groups is 1. The van der Waals surface area contributed by atoms with Crippen LogP contribution in [0.1, 0.15) is 31.2 Å². The third-order valence-electron chi connectivity index (χ3n) is 3.78. The van der Waals surface area contributed by atoms with Gasteiger partial charge in [-0.1, -0.05) is 23.8 Å². The topological polar surface area (TPSA) is 32.3 Å². The molecule has 1 aromatic carbocycles. The van der Waals surface area contributed by atoms with Gasteiger partial charge in [0.05, 0.1) is 0 Å². The van der Waals surface area contributed by atoms with E-state index >= 15 is 0 Å². The minimum atomic E-state index is -0.000602. The maximum Gasteiger partial charge on any atom is 0.325 e. The van der Waals surface area contributed by atoms with E-state index in [1.807, 2.05) is 29.3 Å². The lowest BCUT2D eigenvalue weighted by Gasteiger charge is -2.16. The fourth-order valence-electron chi connectivity index (χ4n) is 2.76. The van der Waals surface area contributed by atoms with Crippen molar-refractivity contribution in [2.45, 2.75) is 32.1 Å². The lowest BCUT2D eigenvalue weighted by Crippen LogP contribution is -2.36. The van der Waals surface area contributed by atoms with E-state index in [2.05, 4.69) is 11.4 Å². The van der Waals surface area contributed by atoms with Gasteiger partial charge in [0.2, 0.25) is 0 Å². The smallest absolute Gasteiger partial charge is 0.314 e. The molecule has 1 fully saturated rings. The zero-order chi connectivity index (χ0) is 12.4. The lowest BCUT2D eigenvalue weighted by molar-refractivity contribution is 0.250. The fraction of sp³-hybridized carbons (Fsp3) is 0.400. The van der Waals surface area contributed by atoms with Crippen LogP contribution in [0.15, 0.2) is 36.0 Å². The van der Waals surface area contributed by atoms with Gasteiger partial charge in [0, 0.05) is 18.4 Å². The van der Waals surface area contributed by atoms with Gasteiger partial charge in [-0.15, -0.1) is 0 Å². The highest BCUT2D eigenvalue weighted by Gasteiger charge is 2.23. The summed E-state index contributed by atoms with van der Waals surface area (Å²) in [5, 5.41) is 2.93. The van der Waals surface area contributed by atoms with Gasteiger partial charge in [-0.25, -0.2) is 4.79 Å². The highest BCUT2D eigenvalue weighted by Crippen LogP contribution is 2.27. The molecule has 18 heavy (non-hydrogen) atoms. The summed E-state index contributed by atoms with van der Waals surface area (Å²) in [5.74, 6) is 0. The number of hydrogen-bond donors (Lipinski definition) is 1. The third-order valence-corrected chi connectivity index (χ3v) is 3.78. The summed E-state index contributed by atoms with van der Waals surface area (Å²) >= 11 is 0. The molecule has 1 aliphatic carbocycles. The van der Waals surface area contributed by atoms with Crippen molar-refractivity contribution in [2.75, 3.05) is 11.4 Å². The Balaban J connectivity index is 1.69. The van der Waals surface area contributed by atoms with Crippen LogP contribution in [0.4, 0.5) is 10.5 Å². The number of para-hydroxylation sites is 1. The Morgan fingerprint density at radius 3 is 2.78 bits per heavy atom. The Bertz CT molecular complexity index is 485. The molecule has 0 bridgehead atoms. The number of rotatable bonds is 1. The summed E-state index contributed by atoms with van der Waals surface area (Å²) in [6, 6.07) is 8.13. The number of hydrogen-bond acceptors (Lipinski definition) is 1. The van der Waals surface area contributed by atoms with E-state index in [-0.39, 0.29) is 6.03 Å². The number of fused-ring (bicyclic) bond motifs is 1. The zero-order valence-electron chi connectivity index (χ0n) is 10.5. The van der Waals surface area contributed by atoms with Gasteiger partial charge in [0.15, 0.2) is 0 Å². The molecule has 0 spiro atoms. The molecular formula is C15H18N2O. The monoisotopic (exact) mass is 242 g/mol. The SMILES string of the molecule is O=C(NC=C1CCCC1)N1CCc2ccccc21. The molecule has 1 heterocycles. The van der Waals surface area contributed by atoms with E-state index in [1.54, 1.807) is 0 Å². The third kappa shape index (κ3) is 2.13. The average molecular weight is 242 g/mol. The maximum atomic E-state index is 12.1. The van der Waals surface area contributed by atoms with Crippen LogP contribution in [0.3, 0.4) is 0 Å². The standard InChI is InChI=1S/C15H18N2O/c18-15(16-11-12-5-1-2-6-12)17-10-9-13-7-3-4-8-14(13)17/h3-4,7-8,11H,1-2,5-6,9-10H2,(H,16,18). The Morgan fingerprint density at radius 2 is 1.94 bits per heavy atom. The van der Waals surface area contributed by atoms with Crippen LogP contribution in [0, 0.1) is 0 Å². The van der Waals surface area contributed by atoms with Gasteiger partial charge < -0.3 is 5.32 Å². The number of nitrogens with zero attached hydrogens (tertiary/aromatic N) is 1. The molecule has 3 rings (SSSR count). The Kier molecular flexibility index (Phi) is 3.05. The van der Waals surface area contributed by atoms with Gasteiger partial charge in [-0.05, 0) is 43.7 Å². The first-order valence-corrected chi connectivity index (χ1v) is 6.68. The molecule has 94 valence electrons. The predicted molar refractivity (Wildman–Crippen MR) is 72.6 cm³/mol. The van der Waals surface area contributed by atoms with Crippen LogP contribution in [0.5, 0.6) is 0 Å². The van der Waals surface area contributed by atoms with Gasteiger partial charge >= 0.3 is 6.03 Å². The van der Waals surface area contributed by atoms with Gasteiger partial charge in [-0.3, -0.25) is 4.90 Å². The molecule has 1 aliphatic heterocycles. The first-order chi connectivity index (χ1) is 8.84. The second-order valence-electron chi connectivity index (χ2n) is 4.99. The highest BCUT2D eigenvalue weighted by molar-refractivity contribution is 5.94. The Morgan fingerprint density at radius 1 is 1.17 bits per heavy atom. The van der Waals surface area contributed by atoms with Crippen molar-refractivity contribution in [3.8, 4) is 0 Å². The highest BCUT2D eigenvalue weighted by atomic mass is 16.2. The number of allylic oxidation sites excluding steroid dienone is 1. The molecule has 3 heteroatoms. The molecule has 1 aromatic rings. The molecule has 0 aromatic heterocycles. The van der Waals surface area contributed by atoms with Gasteiger partial charge in [-0.2, -0.15) is 0 Å². The summed E-state index contributed by atoms with van der Waals surface area (Å²) < 4.78 is 0. The van der Waals surface area contributed by atoms with E-state index in [1.165, 1.54) is 24.0 Å². The molecule has 0 saturated heterocycles. The number of nitrogens with one attached hydrogen (secondary N) is 1. The molecule has 2 amide bonds. The van der Waals surface area contributed by atoms with Crippen molar-refractivity contribution in [2.24, 2.45) is 0 Å². The van der Waals surface area contributed by atoms with Crippen LogP contribution in [0.25, 0.3) is 0 Å². The van der Waals surface area contributed by atoms with E-state index in [4.69, 9.17) is 0 Å². The normalized spacial score (nSPS) is 17.8. The van der Waals surface area contributed by atoms with E-state index < -0.39 is 0 Å². The van der Waals surface area contributed by atoms with Crippen molar-refractivity contribution in [1.82, 2.24) is 5.32 Å². The molecule has 2 aliphatic rings. The Hall–Kier alpha value is -1.77. The summed E-state index contributed by atoms with van der Waals surface area (Å²) in [6.07, 6.45) is 7.66. The molecule has 3 nitrogen and oxygen atoms in total. The number of carbonyl (C=O) groups excluding carboxylic acids is 1. The van der Waals surface area contributed by atoms with Crippen molar-refractivity contribution >= 4 is 11.7 Å². The van der Waals surface area contributed by atoms with E-state index in [0.29, 0.717) is 0 Å². The summed E-state index contributed by atoms with van der Waals surface area (Å²) in [6.45, 7) is 0.786.